The number of aryl methyl sites for hydroxylation is 1. The molecule has 0 radical (unpaired) electrons. The monoisotopic (exact) mass is 474 g/mol. The number of carbonyl (C=O) groups is 1. The number of amides is 1. The van der Waals surface area contributed by atoms with Crippen LogP contribution < -0.4 is 0 Å². The number of benzene rings is 2. The Kier molecular flexibility index (Phi) is 6.89. The summed E-state index contributed by atoms with van der Waals surface area (Å²) in [5.41, 5.74) is 2.93. The fourth-order valence-electron chi connectivity index (χ4n) is 3.87. The minimum Gasteiger partial charge on any atom is -0.328 e. The minimum atomic E-state index is -0.0550. The molecule has 0 aliphatic carbocycles. The van der Waals surface area contributed by atoms with Gasteiger partial charge in [-0.25, -0.2) is 0 Å². The number of likely N-dealkylation sites (tertiary alicyclic amines) is 1. The molecule has 31 heavy (non-hydrogen) atoms. The number of nitrogens with zero attached hydrogens (tertiary/aromatic N) is 4. The number of hydrogen-bond donors (Lipinski definition) is 0. The number of aromatic nitrogens is 3. The van der Waals surface area contributed by atoms with Crippen molar-refractivity contribution in [2.75, 3.05) is 6.54 Å². The fraction of sp³-hybridized carbons (Fsp3) is 0.348. The van der Waals surface area contributed by atoms with Crippen LogP contribution in [0.4, 0.5) is 0 Å². The second-order valence-corrected chi connectivity index (χ2v) is 9.40. The summed E-state index contributed by atoms with van der Waals surface area (Å²) in [5.74, 6) is 1.63. The van der Waals surface area contributed by atoms with E-state index >= 15 is 0 Å². The zero-order valence-electron chi connectivity index (χ0n) is 17.5. The zero-order valence-corrected chi connectivity index (χ0v) is 19.8. The molecule has 1 unspecified atom stereocenters. The molecule has 0 saturated carbocycles. The van der Waals surface area contributed by atoms with Crippen LogP contribution in [0.3, 0.4) is 0 Å². The van der Waals surface area contributed by atoms with E-state index in [0.717, 1.165) is 48.0 Å². The Hall–Kier alpha value is -2.02. The topological polar surface area (TPSA) is 51.0 Å². The van der Waals surface area contributed by atoms with Crippen molar-refractivity contribution in [1.82, 2.24) is 19.7 Å². The molecule has 1 aliphatic heterocycles. The first-order valence-corrected chi connectivity index (χ1v) is 12.1. The maximum absolute atomic E-state index is 13.2. The molecule has 1 amide bonds. The minimum absolute atomic E-state index is 0.0539. The number of halogens is 2. The van der Waals surface area contributed by atoms with E-state index in [-0.39, 0.29) is 11.9 Å². The van der Waals surface area contributed by atoms with Crippen molar-refractivity contribution in [3.8, 4) is 0 Å². The molecule has 1 fully saturated rings. The first-order chi connectivity index (χ1) is 15.0. The van der Waals surface area contributed by atoms with Crippen molar-refractivity contribution in [1.29, 1.82) is 0 Å². The van der Waals surface area contributed by atoms with E-state index in [9.17, 15) is 4.79 Å². The van der Waals surface area contributed by atoms with E-state index in [4.69, 9.17) is 23.2 Å². The van der Waals surface area contributed by atoms with Gasteiger partial charge in [0.2, 0.25) is 0 Å². The van der Waals surface area contributed by atoms with Crippen LogP contribution >= 0.6 is 35.0 Å². The summed E-state index contributed by atoms with van der Waals surface area (Å²) >= 11 is 13.8. The van der Waals surface area contributed by atoms with E-state index < -0.39 is 0 Å². The lowest BCUT2D eigenvalue weighted by atomic mass is 10.1. The number of rotatable bonds is 6. The molecule has 0 N–H and O–H groups in total. The summed E-state index contributed by atoms with van der Waals surface area (Å²) < 4.78 is 2.12. The van der Waals surface area contributed by atoms with Gasteiger partial charge in [0.1, 0.15) is 0 Å². The van der Waals surface area contributed by atoms with E-state index in [1.165, 1.54) is 0 Å². The first-order valence-electron chi connectivity index (χ1n) is 10.4. The van der Waals surface area contributed by atoms with Gasteiger partial charge < -0.3 is 9.47 Å². The van der Waals surface area contributed by atoms with E-state index in [1.54, 1.807) is 11.8 Å². The highest BCUT2D eigenvalue weighted by molar-refractivity contribution is 7.98. The molecule has 2 aromatic carbocycles. The Morgan fingerprint density at radius 3 is 2.61 bits per heavy atom. The Morgan fingerprint density at radius 2 is 1.90 bits per heavy atom. The lowest BCUT2D eigenvalue weighted by Crippen LogP contribution is -2.32. The third kappa shape index (κ3) is 4.76. The van der Waals surface area contributed by atoms with Crippen LogP contribution in [-0.4, -0.2) is 32.1 Å². The predicted octanol–water partition coefficient (Wildman–Crippen LogP) is 6.18. The lowest BCUT2D eigenvalue weighted by molar-refractivity contribution is 0.0727. The third-order valence-electron chi connectivity index (χ3n) is 5.52. The molecule has 162 valence electrons. The number of hydrogen-bond acceptors (Lipinski definition) is 4. The van der Waals surface area contributed by atoms with Crippen molar-refractivity contribution >= 4 is 40.9 Å². The molecule has 1 atom stereocenters. The second-order valence-electron chi connectivity index (χ2n) is 7.64. The van der Waals surface area contributed by atoms with Gasteiger partial charge in [-0.3, -0.25) is 4.79 Å². The standard InChI is InChI=1S/C23H24Cl2N4OS/c1-3-28-21(26-27-23(28)31-14-16-8-11-18(24)19(25)13-16)20-5-4-12-29(20)22(30)17-9-6-15(2)7-10-17/h6-11,13,20H,3-5,12,14H2,1-2H3. The van der Waals surface area contributed by atoms with Crippen molar-refractivity contribution in [2.45, 2.75) is 50.2 Å². The smallest absolute Gasteiger partial charge is 0.254 e. The molecule has 5 nitrogen and oxygen atoms in total. The molecule has 1 aromatic heterocycles. The van der Waals surface area contributed by atoms with Gasteiger partial charge in [-0.1, -0.05) is 58.7 Å². The van der Waals surface area contributed by atoms with Gasteiger partial charge in [0.15, 0.2) is 11.0 Å². The normalized spacial score (nSPS) is 16.1. The summed E-state index contributed by atoms with van der Waals surface area (Å²) in [6, 6.07) is 13.3. The highest BCUT2D eigenvalue weighted by Crippen LogP contribution is 2.34. The van der Waals surface area contributed by atoms with E-state index in [2.05, 4.69) is 21.7 Å². The van der Waals surface area contributed by atoms with Gasteiger partial charge in [0, 0.05) is 24.4 Å². The molecule has 2 heterocycles. The van der Waals surface area contributed by atoms with Gasteiger partial charge in [0.25, 0.3) is 5.91 Å². The van der Waals surface area contributed by atoms with Crippen LogP contribution in [0.5, 0.6) is 0 Å². The Morgan fingerprint density at radius 1 is 1.13 bits per heavy atom. The van der Waals surface area contributed by atoms with E-state index in [0.29, 0.717) is 21.4 Å². The zero-order chi connectivity index (χ0) is 22.0. The van der Waals surface area contributed by atoms with Gasteiger partial charge in [-0.15, -0.1) is 10.2 Å². The van der Waals surface area contributed by atoms with Crippen LogP contribution in [0, 0.1) is 6.92 Å². The number of carbonyl (C=O) groups excluding carboxylic acids is 1. The SMILES string of the molecule is CCn1c(SCc2ccc(Cl)c(Cl)c2)nnc1C1CCCN1C(=O)c1ccc(C)cc1. The van der Waals surface area contributed by atoms with Crippen LogP contribution in [0.1, 0.15) is 53.1 Å². The van der Waals surface area contributed by atoms with Crippen molar-refractivity contribution in [3.05, 3.63) is 75.0 Å². The van der Waals surface area contributed by atoms with Crippen LogP contribution in [0.25, 0.3) is 0 Å². The molecule has 4 rings (SSSR count). The number of thioether (sulfide) groups is 1. The summed E-state index contributed by atoms with van der Waals surface area (Å²) in [4.78, 5) is 15.1. The fourth-order valence-corrected chi connectivity index (χ4v) is 5.14. The predicted molar refractivity (Wildman–Crippen MR) is 126 cm³/mol. The largest absolute Gasteiger partial charge is 0.328 e. The van der Waals surface area contributed by atoms with Gasteiger partial charge in [0.05, 0.1) is 16.1 Å². The Labute approximate surface area is 196 Å². The average molecular weight is 475 g/mol. The molecule has 3 aromatic rings. The Bertz CT molecular complexity index is 1080. The van der Waals surface area contributed by atoms with Gasteiger partial charge >= 0.3 is 0 Å². The summed E-state index contributed by atoms with van der Waals surface area (Å²) in [7, 11) is 0. The molecule has 0 bridgehead atoms. The van der Waals surface area contributed by atoms with Crippen LogP contribution in [0.2, 0.25) is 10.0 Å². The van der Waals surface area contributed by atoms with E-state index in [1.807, 2.05) is 54.3 Å². The first kappa shape index (κ1) is 22.2. The quantitative estimate of drug-likeness (QED) is 0.400. The second kappa shape index (κ2) is 9.63. The van der Waals surface area contributed by atoms with Crippen LogP contribution in [0.15, 0.2) is 47.6 Å². The molecular weight excluding hydrogens is 451 g/mol. The molecule has 0 spiro atoms. The molecular formula is C23H24Cl2N4OS. The van der Waals surface area contributed by atoms with Crippen molar-refractivity contribution < 1.29 is 4.79 Å². The average Bonchev–Trinajstić information content (AvgIpc) is 3.41. The maximum atomic E-state index is 13.2. The third-order valence-corrected chi connectivity index (χ3v) is 7.30. The molecule has 8 heteroatoms. The molecule has 1 aliphatic rings. The summed E-state index contributed by atoms with van der Waals surface area (Å²) in [6.45, 7) is 5.58. The highest BCUT2D eigenvalue weighted by Gasteiger charge is 2.34. The highest BCUT2D eigenvalue weighted by atomic mass is 35.5. The lowest BCUT2D eigenvalue weighted by Gasteiger charge is -2.24. The summed E-state index contributed by atoms with van der Waals surface area (Å²) in [5, 5.41) is 10.9. The van der Waals surface area contributed by atoms with Gasteiger partial charge in [-0.05, 0) is 56.5 Å². The Balaban J connectivity index is 1.53. The summed E-state index contributed by atoms with van der Waals surface area (Å²) in [6.07, 6.45) is 1.86. The van der Waals surface area contributed by atoms with Crippen LogP contribution in [-0.2, 0) is 12.3 Å². The van der Waals surface area contributed by atoms with Crippen molar-refractivity contribution in [3.63, 3.8) is 0 Å². The van der Waals surface area contributed by atoms with Crippen molar-refractivity contribution in [2.24, 2.45) is 0 Å². The van der Waals surface area contributed by atoms with Gasteiger partial charge in [-0.2, -0.15) is 0 Å². The molecule has 1 saturated heterocycles. The maximum Gasteiger partial charge on any atom is 0.254 e.